The van der Waals surface area contributed by atoms with Crippen LogP contribution in [0.2, 0.25) is 0 Å². The molecule has 1 heterocycles. The number of nitrogens with zero attached hydrogens (tertiary/aromatic N) is 2. The van der Waals surface area contributed by atoms with Crippen LogP contribution in [0.5, 0.6) is 0 Å². The Hall–Kier alpha value is -1.79. The highest BCUT2D eigenvalue weighted by atomic mass is 16.2. The first-order chi connectivity index (χ1) is 11.7. The minimum atomic E-state index is -0.316. The topological polar surface area (TPSA) is 85.8 Å². The first-order valence-corrected chi connectivity index (χ1v) is 9.21. The van der Waals surface area contributed by atoms with Gasteiger partial charge in [0.2, 0.25) is 5.91 Å². The van der Waals surface area contributed by atoms with Crippen LogP contribution in [0.4, 0.5) is 4.79 Å². The lowest BCUT2D eigenvalue weighted by Crippen LogP contribution is -2.43. The van der Waals surface area contributed by atoms with E-state index in [1.54, 1.807) is 7.05 Å². The normalized spacial score (nSPS) is 14.9. The van der Waals surface area contributed by atoms with E-state index < -0.39 is 0 Å². The zero-order chi connectivity index (χ0) is 17.6. The maximum atomic E-state index is 11.5. The van der Waals surface area contributed by atoms with E-state index in [2.05, 4.69) is 27.9 Å². The summed E-state index contributed by atoms with van der Waals surface area (Å²) in [6, 6.07) is -0.316. The van der Waals surface area contributed by atoms with E-state index in [1.165, 1.54) is 49.8 Å². The molecule has 0 aliphatic carbocycles. The van der Waals surface area contributed by atoms with Gasteiger partial charge >= 0.3 is 6.03 Å². The number of amides is 3. The van der Waals surface area contributed by atoms with E-state index >= 15 is 0 Å². The Morgan fingerprint density at radius 2 is 1.67 bits per heavy atom. The fourth-order valence-electron chi connectivity index (χ4n) is 2.65. The van der Waals surface area contributed by atoms with E-state index in [1.807, 2.05) is 0 Å². The largest absolute Gasteiger partial charge is 0.356 e. The Labute approximate surface area is 145 Å². The molecule has 24 heavy (non-hydrogen) atoms. The summed E-state index contributed by atoms with van der Waals surface area (Å²) in [5, 5.41) is 8.90. The lowest BCUT2D eigenvalue weighted by Gasteiger charge is -2.15. The number of carbonyl (C=O) groups excluding carboxylic acids is 2. The summed E-state index contributed by atoms with van der Waals surface area (Å²) in [4.78, 5) is 28.2. The van der Waals surface area contributed by atoms with Gasteiger partial charge in [-0.1, -0.05) is 51.9 Å². The molecule has 3 amide bonds. The average Bonchev–Trinajstić information content (AvgIpc) is 2.90. The van der Waals surface area contributed by atoms with Crippen molar-refractivity contribution in [3.05, 3.63) is 0 Å². The minimum absolute atomic E-state index is 0.101. The van der Waals surface area contributed by atoms with Gasteiger partial charge in [0.05, 0.1) is 6.54 Å². The Balaban J connectivity index is 2.01. The molecular formula is C17H33N5O2. The Morgan fingerprint density at radius 3 is 2.25 bits per heavy atom. The van der Waals surface area contributed by atoms with Gasteiger partial charge in [0, 0.05) is 26.7 Å². The van der Waals surface area contributed by atoms with Gasteiger partial charge in [-0.25, -0.2) is 4.79 Å². The van der Waals surface area contributed by atoms with Gasteiger partial charge in [0.25, 0.3) is 0 Å². The van der Waals surface area contributed by atoms with Gasteiger partial charge in [-0.3, -0.25) is 14.7 Å². The van der Waals surface area contributed by atoms with E-state index in [4.69, 9.17) is 0 Å². The first-order valence-electron chi connectivity index (χ1n) is 9.21. The maximum Gasteiger partial charge on any atom is 0.324 e. The molecular weight excluding hydrogens is 306 g/mol. The third kappa shape index (κ3) is 8.17. The van der Waals surface area contributed by atoms with Crippen LogP contribution >= 0.6 is 0 Å². The maximum absolute atomic E-state index is 11.5. The van der Waals surface area contributed by atoms with Crippen molar-refractivity contribution in [3.63, 3.8) is 0 Å². The fraction of sp³-hybridized carbons (Fsp3) is 0.824. The SMILES string of the molecule is CCCCCCCCCCNC(=NC)NCCN1C(=O)CNC1=O. The van der Waals surface area contributed by atoms with Crippen molar-refractivity contribution in [2.75, 3.05) is 33.2 Å². The number of aliphatic imine (C=N–C) groups is 1. The van der Waals surface area contributed by atoms with Crippen molar-refractivity contribution in [2.45, 2.75) is 58.3 Å². The molecule has 0 saturated carbocycles. The molecule has 1 aliphatic heterocycles. The molecule has 0 aromatic heterocycles. The molecule has 3 N–H and O–H groups in total. The molecule has 0 unspecified atom stereocenters. The molecule has 0 spiro atoms. The molecule has 0 atom stereocenters. The number of hydrogen-bond acceptors (Lipinski definition) is 3. The van der Waals surface area contributed by atoms with Crippen LogP contribution in [0.15, 0.2) is 4.99 Å². The highest BCUT2D eigenvalue weighted by Gasteiger charge is 2.27. The Kier molecular flexibility index (Phi) is 10.6. The zero-order valence-electron chi connectivity index (χ0n) is 15.2. The van der Waals surface area contributed by atoms with Crippen molar-refractivity contribution in [1.29, 1.82) is 0 Å². The average molecular weight is 339 g/mol. The Morgan fingerprint density at radius 1 is 1.04 bits per heavy atom. The highest BCUT2D eigenvalue weighted by Crippen LogP contribution is 2.07. The van der Waals surface area contributed by atoms with E-state index in [0.717, 1.165) is 13.0 Å². The second kappa shape index (κ2) is 12.6. The smallest absolute Gasteiger partial charge is 0.324 e. The van der Waals surface area contributed by atoms with Crippen LogP contribution in [0.25, 0.3) is 0 Å². The molecule has 1 fully saturated rings. The quantitative estimate of drug-likeness (QED) is 0.219. The van der Waals surface area contributed by atoms with Crippen LogP contribution in [0, 0.1) is 0 Å². The van der Waals surface area contributed by atoms with Crippen LogP contribution in [-0.4, -0.2) is 56.0 Å². The Bertz CT molecular complexity index is 396. The molecule has 0 bridgehead atoms. The van der Waals surface area contributed by atoms with Crippen LogP contribution < -0.4 is 16.0 Å². The van der Waals surface area contributed by atoms with E-state index in [-0.39, 0.29) is 18.5 Å². The predicted molar refractivity (Wildman–Crippen MR) is 97.1 cm³/mol. The monoisotopic (exact) mass is 339 g/mol. The number of imide groups is 1. The number of nitrogens with one attached hydrogen (secondary N) is 3. The number of carbonyl (C=O) groups is 2. The molecule has 1 rings (SSSR count). The third-order valence-corrected chi connectivity index (χ3v) is 4.11. The number of urea groups is 1. The van der Waals surface area contributed by atoms with Gasteiger partial charge < -0.3 is 16.0 Å². The van der Waals surface area contributed by atoms with Crippen LogP contribution in [0.1, 0.15) is 58.3 Å². The van der Waals surface area contributed by atoms with Gasteiger partial charge in [-0.05, 0) is 6.42 Å². The summed E-state index contributed by atoms with van der Waals surface area (Å²) in [5.74, 6) is 0.536. The predicted octanol–water partition coefficient (Wildman–Crippen LogP) is 1.84. The van der Waals surface area contributed by atoms with Crippen LogP contribution in [-0.2, 0) is 4.79 Å². The molecule has 138 valence electrons. The molecule has 0 aromatic rings. The third-order valence-electron chi connectivity index (χ3n) is 4.11. The summed E-state index contributed by atoms with van der Waals surface area (Å²) in [6.07, 6.45) is 10.4. The van der Waals surface area contributed by atoms with Gasteiger partial charge in [-0.2, -0.15) is 0 Å². The number of unbranched alkanes of at least 4 members (excludes halogenated alkanes) is 7. The minimum Gasteiger partial charge on any atom is -0.356 e. The van der Waals surface area contributed by atoms with Gasteiger partial charge in [-0.15, -0.1) is 0 Å². The van der Waals surface area contributed by atoms with Crippen LogP contribution in [0.3, 0.4) is 0 Å². The zero-order valence-corrected chi connectivity index (χ0v) is 15.2. The van der Waals surface area contributed by atoms with Gasteiger partial charge in [0.1, 0.15) is 0 Å². The number of hydrogen-bond donors (Lipinski definition) is 3. The van der Waals surface area contributed by atoms with Crippen molar-refractivity contribution in [3.8, 4) is 0 Å². The summed E-state index contributed by atoms with van der Waals surface area (Å²) in [6.45, 7) is 4.08. The summed E-state index contributed by atoms with van der Waals surface area (Å²) in [7, 11) is 1.72. The molecule has 0 radical (unpaired) electrons. The highest BCUT2D eigenvalue weighted by molar-refractivity contribution is 6.01. The molecule has 1 aliphatic rings. The fourth-order valence-corrected chi connectivity index (χ4v) is 2.65. The number of guanidine groups is 1. The van der Waals surface area contributed by atoms with E-state index in [0.29, 0.717) is 19.0 Å². The second-order valence-electron chi connectivity index (χ2n) is 6.10. The lowest BCUT2D eigenvalue weighted by molar-refractivity contribution is -0.124. The molecule has 0 aromatic carbocycles. The lowest BCUT2D eigenvalue weighted by atomic mass is 10.1. The summed E-state index contributed by atoms with van der Waals surface area (Å²) >= 11 is 0. The molecule has 7 heteroatoms. The first kappa shape index (κ1) is 20.3. The molecule has 7 nitrogen and oxygen atoms in total. The number of rotatable bonds is 12. The van der Waals surface area contributed by atoms with Crippen molar-refractivity contribution < 1.29 is 9.59 Å². The van der Waals surface area contributed by atoms with E-state index in [9.17, 15) is 9.59 Å². The van der Waals surface area contributed by atoms with Crippen molar-refractivity contribution in [2.24, 2.45) is 4.99 Å². The standard InChI is InChI=1S/C17H33N5O2/c1-3-4-5-6-7-8-9-10-11-19-16(18-2)20-12-13-22-15(23)14-21-17(22)24/h3-14H2,1-2H3,(H,21,24)(H2,18,19,20). The van der Waals surface area contributed by atoms with Gasteiger partial charge in [0.15, 0.2) is 5.96 Å². The molecule has 1 saturated heterocycles. The second-order valence-corrected chi connectivity index (χ2v) is 6.10. The summed E-state index contributed by atoms with van der Waals surface area (Å²) in [5.41, 5.74) is 0. The van der Waals surface area contributed by atoms with Crippen molar-refractivity contribution >= 4 is 17.9 Å². The summed E-state index contributed by atoms with van der Waals surface area (Å²) < 4.78 is 0. The van der Waals surface area contributed by atoms with Crippen molar-refractivity contribution in [1.82, 2.24) is 20.9 Å².